The first-order valence-corrected chi connectivity index (χ1v) is 6.11. The van der Waals surface area contributed by atoms with Crippen LogP contribution in [0.4, 0.5) is 0 Å². The summed E-state index contributed by atoms with van der Waals surface area (Å²) in [5, 5.41) is 0. The molecular weight excluding hydrogens is 256 g/mol. The van der Waals surface area contributed by atoms with Crippen LogP contribution in [0.5, 0.6) is 0 Å². The number of hydrogen-bond acceptors (Lipinski definition) is 4. The van der Waals surface area contributed by atoms with E-state index in [1.807, 2.05) is 0 Å². The maximum Gasteiger partial charge on any atom is 0.386 e. The molecule has 0 aromatic heterocycles. The van der Waals surface area contributed by atoms with Gasteiger partial charge in [0.1, 0.15) is 0 Å². The summed E-state index contributed by atoms with van der Waals surface area (Å²) in [6.07, 6.45) is 11.1. The molecule has 2 rings (SSSR count). The first kappa shape index (κ1) is 13.8. The molecule has 2 aliphatic carbocycles. The Hall–Kier alpha value is -2.62. The number of rotatable bonds is 2. The standard InChI is InChI=1S/C16H14O4/c1-11-3-7-13(8-4-11)15(17)19-20-16(18)14-9-5-12(2)6-10-14/h3,5,7-10H,1-2,4,6H2. The highest BCUT2D eigenvalue weighted by atomic mass is 17.2. The van der Waals surface area contributed by atoms with E-state index in [0.717, 1.165) is 11.1 Å². The Morgan fingerprint density at radius 1 is 0.800 bits per heavy atom. The minimum absolute atomic E-state index is 0.340. The molecule has 0 heterocycles. The first-order valence-electron chi connectivity index (χ1n) is 6.11. The van der Waals surface area contributed by atoms with Crippen molar-refractivity contribution in [3.63, 3.8) is 0 Å². The number of carbonyl (C=O) groups is 2. The van der Waals surface area contributed by atoms with Gasteiger partial charge >= 0.3 is 11.9 Å². The molecule has 102 valence electrons. The van der Waals surface area contributed by atoms with Crippen molar-refractivity contribution in [2.75, 3.05) is 0 Å². The van der Waals surface area contributed by atoms with E-state index in [1.54, 1.807) is 36.5 Å². The zero-order valence-corrected chi connectivity index (χ0v) is 10.9. The number of carbonyl (C=O) groups excluding carboxylic acids is 2. The van der Waals surface area contributed by atoms with E-state index in [9.17, 15) is 9.59 Å². The minimum Gasteiger partial charge on any atom is -0.242 e. The van der Waals surface area contributed by atoms with Gasteiger partial charge in [0.2, 0.25) is 0 Å². The summed E-state index contributed by atoms with van der Waals surface area (Å²) in [4.78, 5) is 32.3. The second kappa shape index (κ2) is 6.02. The smallest absolute Gasteiger partial charge is 0.242 e. The van der Waals surface area contributed by atoms with Crippen LogP contribution in [0.3, 0.4) is 0 Å². The van der Waals surface area contributed by atoms with E-state index in [2.05, 4.69) is 22.9 Å². The summed E-state index contributed by atoms with van der Waals surface area (Å²) in [5.41, 5.74) is 2.48. The van der Waals surface area contributed by atoms with Gasteiger partial charge in [0.25, 0.3) is 0 Å². The van der Waals surface area contributed by atoms with Crippen LogP contribution >= 0.6 is 0 Å². The average molecular weight is 270 g/mol. The maximum atomic E-state index is 11.6. The van der Waals surface area contributed by atoms with Crippen LogP contribution in [0.1, 0.15) is 12.8 Å². The molecule has 20 heavy (non-hydrogen) atoms. The van der Waals surface area contributed by atoms with Gasteiger partial charge in [0.15, 0.2) is 0 Å². The van der Waals surface area contributed by atoms with Crippen LogP contribution in [-0.2, 0) is 19.4 Å². The average Bonchev–Trinajstić information content (AvgIpc) is 2.46. The third-order valence-corrected chi connectivity index (χ3v) is 2.83. The highest BCUT2D eigenvalue weighted by Gasteiger charge is 2.17. The quantitative estimate of drug-likeness (QED) is 0.572. The van der Waals surface area contributed by atoms with Crippen LogP contribution in [0.2, 0.25) is 0 Å². The van der Waals surface area contributed by atoms with Gasteiger partial charge in [-0.25, -0.2) is 19.4 Å². The van der Waals surface area contributed by atoms with Crippen molar-refractivity contribution in [1.29, 1.82) is 0 Å². The van der Waals surface area contributed by atoms with Crippen molar-refractivity contribution in [3.8, 4) is 0 Å². The lowest BCUT2D eigenvalue weighted by Crippen LogP contribution is -2.14. The van der Waals surface area contributed by atoms with E-state index in [4.69, 9.17) is 0 Å². The van der Waals surface area contributed by atoms with E-state index in [1.165, 1.54) is 0 Å². The van der Waals surface area contributed by atoms with Crippen molar-refractivity contribution < 1.29 is 19.4 Å². The van der Waals surface area contributed by atoms with Gasteiger partial charge in [-0.2, -0.15) is 0 Å². The molecule has 0 bridgehead atoms. The second-order valence-electron chi connectivity index (χ2n) is 4.45. The predicted molar refractivity (Wildman–Crippen MR) is 74.1 cm³/mol. The molecule has 0 saturated carbocycles. The summed E-state index contributed by atoms with van der Waals surface area (Å²) in [6.45, 7) is 7.52. The fourth-order valence-electron chi connectivity index (χ4n) is 1.64. The molecule has 0 fully saturated rings. The van der Waals surface area contributed by atoms with Gasteiger partial charge in [-0.3, -0.25) is 0 Å². The summed E-state index contributed by atoms with van der Waals surface area (Å²) in [5.74, 6) is -1.40. The Morgan fingerprint density at radius 3 is 1.50 bits per heavy atom. The zero-order chi connectivity index (χ0) is 14.5. The molecular formula is C16H14O4. The molecule has 0 amide bonds. The van der Waals surface area contributed by atoms with Gasteiger partial charge in [-0.1, -0.05) is 48.6 Å². The molecule has 0 aliphatic heterocycles. The molecule has 0 radical (unpaired) electrons. The van der Waals surface area contributed by atoms with Gasteiger partial charge in [0, 0.05) is 0 Å². The number of hydrogen-bond donors (Lipinski definition) is 0. The fraction of sp³-hybridized carbons (Fsp3) is 0.125. The lowest BCUT2D eigenvalue weighted by molar-refractivity contribution is -0.251. The van der Waals surface area contributed by atoms with Crippen molar-refractivity contribution in [2.45, 2.75) is 12.8 Å². The van der Waals surface area contributed by atoms with Gasteiger partial charge in [-0.05, 0) is 25.0 Å². The molecule has 0 unspecified atom stereocenters. The summed E-state index contributed by atoms with van der Waals surface area (Å²) in [6, 6.07) is 0. The third-order valence-electron chi connectivity index (χ3n) is 2.83. The van der Waals surface area contributed by atoms with Gasteiger partial charge < -0.3 is 0 Å². The Kier molecular flexibility index (Phi) is 4.15. The highest BCUT2D eigenvalue weighted by molar-refractivity contribution is 5.94. The molecule has 0 spiro atoms. The monoisotopic (exact) mass is 270 g/mol. The van der Waals surface area contributed by atoms with Crippen molar-refractivity contribution in [1.82, 2.24) is 0 Å². The molecule has 0 aromatic carbocycles. The van der Waals surface area contributed by atoms with Crippen molar-refractivity contribution in [2.24, 2.45) is 0 Å². The summed E-state index contributed by atoms with van der Waals surface area (Å²) >= 11 is 0. The van der Waals surface area contributed by atoms with Gasteiger partial charge in [-0.15, -0.1) is 0 Å². The van der Waals surface area contributed by atoms with E-state index >= 15 is 0 Å². The molecule has 0 atom stereocenters. The Labute approximate surface area is 117 Å². The first-order chi connectivity index (χ1) is 9.56. The van der Waals surface area contributed by atoms with E-state index in [-0.39, 0.29) is 0 Å². The summed E-state index contributed by atoms with van der Waals surface area (Å²) < 4.78 is 0. The molecule has 0 N–H and O–H groups in total. The Morgan fingerprint density at radius 2 is 1.20 bits per heavy atom. The molecule has 4 nitrogen and oxygen atoms in total. The lowest BCUT2D eigenvalue weighted by atomic mass is 10.0. The van der Waals surface area contributed by atoms with Crippen LogP contribution in [0.25, 0.3) is 0 Å². The van der Waals surface area contributed by atoms with Crippen LogP contribution < -0.4 is 0 Å². The van der Waals surface area contributed by atoms with E-state index < -0.39 is 11.9 Å². The van der Waals surface area contributed by atoms with Crippen molar-refractivity contribution in [3.05, 3.63) is 71.9 Å². The molecule has 0 saturated heterocycles. The largest absolute Gasteiger partial charge is 0.386 e. The molecule has 4 heteroatoms. The number of allylic oxidation sites excluding steroid dienone is 6. The lowest BCUT2D eigenvalue weighted by Gasteiger charge is -2.09. The minimum atomic E-state index is -0.702. The summed E-state index contributed by atoms with van der Waals surface area (Å²) in [7, 11) is 0. The zero-order valence-electron chi connectivity index (χ0n) is 10.9. The second-order valence-corrected chi connectivity index (χ2v) is 4.45. The van der Waals surface area contributed by atoms with Crippen molar-refractivity contribution >= 4 is 11.9 Å². The Balaban J connectivity index is 1.87. The maximum absolute atomic E-state index is 11.6. The normalized spacial score (nSPS) is 17.4. The van der Waals surface area contributed by atoms with E-state index in [0.29, 0.717) is 24.0 Å². The van der Waals surface area contributed by atoms with Crippen LogP contribution in [0, 0.1) is 0 Å². The topological polar surface area (TPSA) is 52.6 Å². The SMILES string of the molecule is C=C1C=CC(C(=O)OOC(=O)C2=CCC(=C)C=C2)=CC1. The Bertz CT molecular complexity index is 546. The van der Waals surface area contributed by atoms with Crippen LogP contribution in [-0.4, -0.2) is 11.9 Å². The fourth-order valence-corrected chi connectivity index (χ4v) is 1.64. The predicted octanol–water partition coefficient (Wildman–Crippen LogP) is 2.87. The molecule has 0 aromatic rings. The highest BCUT2D eigenvalue weighted by Crippen LogP contribution is 2.17. The molecule has 2 aliphatic rings. The van der Waals surface area contributed by atoms with Gasteiger partial charge in [0.05, 0.1) is 11.1 Å². The van der Waals surface area contributed by atoms with Crippen LogP contribution in [0.15, 0.2) is 71.9 Å². The third kappa shape index (κ3) is 3.45.